The van der Waals surface area contributed by atoms with Gasteiger partial charge in [-0.25, -0.2) is 0 Å². The van der Waals surface area contributed by atoms with Gasteiger partial charge in [0.05, 0.1) is 11.3 Å². The van der Waals surface area contributed by atoms with Gasteiger partial charge in [-0.1, -0.05) is 35.5 Å². The highest BCUT2D eigenvalue weighted by Gasteiger charge is 2.14. The minimum Gasteiger partial charge on any atom is -0.489 e. The average molecular weight is 364 g/mol. The largest absolute Gasteiger partial charge is 0.489 e. The van der Waals surface area contributed by atoms with E-state index in [0.717, 1.165) is 22.6 Å². The topological polar surface area (TPSA) is 55.6 Å². The maximum Gasteiger partial charge on any atom is 0.254 e. The number of benzene rings is 2. The normalized spacial score (nSPS) is 10.7. The van der Waals surface area contributed by atoms with Gasteiger partial charge in [0.1, 0.15) is 18.1 Å². The second-order valence-corrected chi connectivity index (χ2v) is 6.71. The molecule has 0 atom stereocenters. The lowest BCUT2D eigenvalue weighted by Gasteiger charge is -2.19. The lowest BCUT2D eigenvalue weighted by Crippen LogP contribution is -2.26. The summed E-state index contributed by atoms with van der Waals surface area (Å²) in [5, 5.41) is 3.93. The van der Waals surface area contributed by atoms with Crippen LogP contribution in [0, 0.1) is 20.8 Å². The Balaban J connectivity index is 1.69. The Morgan fingerprint density at radius 2 is 1.89 bits per heavy atom. The molecule has 0 saturated heterocycles. The number of ether oxygens (including phenoxy) is 1. The first-order valence-electron chi connectivity index (χ1n) is 8.90. The van der Waals surface area contributed by atoms with Crippen molar-refractivity contribution in [2.45, 2.75) is 33.9 Å². The predicted molar refractivity (Wildman–Crippen MR) is 104 cm³/mol. The molecule has 0 aliphatic carbocycles. The van der Waals surface area contributed by atoms with Crippen LogP contribution in [0.3, 0.4) is 0 Å². The molecule has 140 valence electrons. The zero-order valence-corrected chi connectivity index (χ0v) is 16.2. The fourth-order valence-corrected chi connectivity index (χ4v) is 2.92. The molecular weight excluding hydrogens is 340 g/mol. The van der Waals surface area contributed by atoms with E-state index in [9.17, 15) is 4.79 Å². The molecule has 0 saturated carbocycles. The van der Waals surface area contributed by atoms with Gasteiger partial charge in [0.2, 0.25) is 0 Å². The standard InChI is InChI=1S/C22H24N2O3/c1-15-8-5-6-9-19(15)13-24(4)22(25)18-10-7-11-20(12-18)26-14-21-16(2)23-27-17(21)3/h5-12H,13-14H2,1-4H3. The van der Waals surface area contributed by atoms with Crippen LogP contribution in [0.5, 0.6) is 5.75 Å². The molecule has 0 N–H and O–H groups in total. The molecule has 0 spiro atoms. The van der Waals surface area contributed by atoms with E-state index in [1.54, 1.807) is 17.0 Å². The first-order chi connectivity index (χ1) is 13.0. The molecule has 0 aliphatic rings. The molecule has 3 aromatic rings. The van der Waals surface area contributed by atoms with Crippen LogP contribution < -0.4 is 4.74 Å². The predicted octanol–water partition coefficient (Wildman–Crippen LogP) is 4.45. The fraction of sp³-hybridized carbons (Fsp3) is 0.273. The van der Waals surface area contributed by atoms with Crippen LogP contribution in [0.15, 0.2) is 53.1 Å². The number of carbonyl (C=O) groups is 1. The lowest BCUT2D eigenvalue weighted by molar-refractivity contribution is 0.0784. The zero-order valence-electron chi connectivity index (χ0n) is 16.2. The Labute approximate surface area is 159 Å². The maximum absolute atomic E-state index is 12.8. The van der Waals surface area contributed by atoms with Gasteiger partial charge in [-0.15, -0.1) is 0 Å². The van der Waals surface area contributed by atoms with Gasteiger partial charge in [0, 0.05) is 19.2 Å². The smallest absolute Gasteiger partial charge is 0.254 e. The number of aryl methyl sites for hydroxylation is 3. The quantitative estimate of drug-likeness (QED) is 0.648. The van der Waals surface area contributed by atoms with Crippen molar-refractivity contribution < 1.29 is 14.1 Å². The van der Waals surface area contributed by atoms with Crippen molar-refractivity contribution in [1.82, 2.24) is 10.1 Å². The van der Waals surface area contributed by atoms with Crippen LogP contribution >= 0.6 is 0 Å². The zero-order chi connectivity index (χ0) is 19.4. The maximum atomic E-state index is 12.8. The molecule has 1 amide bonds. The van der Waals surface area contributed by atoms with Crippen LogP contribution in [0.2, 0.25) is 0 Å². The fourth-order valence-electron chi connectivity index (χ4n) is 2.92. The minimum absolute atomic E-state index is 0.0407. The highest BCUT2D eigenvalue weighted by molar-refractivity contribution is 5.94. The number of nitrogens with zero attached hydrogens (tertiary/aromatic N) is 2. The summed E-state index contributed by atoms with van der Waals surface area (Å²) in [5.41, 5.74) is 4.66. The van der Waals surface area contributed by atoms with E-state index < -0.39 is 0 Å². The summed E-state index contributed by atoms with van der Waals surface area (Å²) in [7, 11) is 1.81. The Morgan fingerprint density at radius 3 is 2.59 bits per heavy atom. The van der Waals surface area contributed by atoms with E-state index in [1.165, 1.54) is 5.56 Å². The molecule has 0 bridgehead atoms. The molecule has 0 aliphatic heterocycles. The second-order valence-electron chi connectivity index (χ2n) is 6.71. The Hall–Kier alpha value is -3.08. The molecule has 0 fully saturated rings. The SMILES string of the molecule is Cc1ccccc1CN(C)C(=O)c1cccc(OCc2c(C)noc2C)c1. The monoisotopic (exact) mass is 364 g/mol. The van der Waals surface area contributed by atoms with Gasteiger partial charge >= 0.3 is 0 Å². The van der Waals surface area contributed by atoms with E-state index in [0.29, 0.717) is 24.5 Å². The van der Waals surface area contributed by atoms with E-state index in [4.69, 9.17) is 9.26 Å². The Bertz CT molecular complexity index is 927. The van der Waals surface area contributed by atoms with E-state index in [1.807, 2.05) is 51.2 Å². The van der Waals surface area contributed by atoms with Gasteiger partial charge in [-0.2, -0.15) is 0 Å². The van der Waals surface area contributed by atoms with Gasteiger partial charge in [-0.05, 0) is 50.1 Å². The van der Waals surface area contributed by atoms with E-state index in [2.05, 4.69) is 18.1 Å². The molecule has 1 aromatic heterocycles. The molecule has 2 aromatic carbocycles. The number of hydrogen-bond acceptors (Lipinski definition) is 4. The third kappa shape index (κ3) is 4.37. The van der Waals surface area contributed by atoms with Crippen LogP contribution in [-0.2, 0) is 13.2 Å². The third-order valence-corrected chi connectivity index (χ3v) is 4.66. The average Bonchev–Trinajstić information content (AvgIpc) is 2.99. The van der Waals surface area contributed by atoms with Crippen LogP contribution in [0.25, 0.3) is 0 Å². The highest BCUT2D eigenvalue weighted by atomic mass is 16.5. The molecule has 5 heteroatoms. The van der Waals surface area contributed by atoms with Crippen molar-refractivity contribution >= 4 is 5.91 Å². The molecule has 1 heterocycles. The second kappa shape index (κ2) is 8.08. The highest BCUT2D eigenvalue weighted by Crippen LogP contribution is 2.20. The number of rotatable bonds is 6. The van der Waals surface area contributed by atoms with Gasteiger partial charge < -0.3 is 14.2 Å². The molecule has 27 heavy (non-hydrogen) atoms. The molecule has 0 radical (unpaired) electrons. The minimum atomic E-state index is -0.0407. The van der Waals surface area contributed by atoms with Crippen molar-refractivity contribution in [2.24, 2.45) is 0 Å². The van der Waals surface area contributed by atoms with Crippen LogP contribution in [0.1, 0.15) is 38.5 Å². The van der Waals surface area contributed by atoms with Gasteiger partial charge in [0.15, 0.2) is 0 Å². The van der Waals surface area contributed by atoms with Gasteiger partial charge in [-0.3, -0.25) is 4.79 Å². The summed E-state index contributed by atoms with van der Waals surface area (Å²) >= 11 is 0. The van der Waals surface area contributed by atoms with Crippen molar-refractivity contribution in [2.75, 3.05) is 7.05 Å². The van der Waals surface area contributed by atoms with Crippen molar-refractivity contribution in [3.8, 4) is 5.75 Å². The number of hydrogen-bond donors (Lipinski definition) is 0. The molecule has 5 nitrogen and oxygen atoms in total. The summed E-state index contributed by atoms with van der Waals surface area (Å²) in [6.07, 6.45) is 0. The molecule has 3 rings (SSSR count). The summed E-state index contributed by atoms with van der Waals surface area (Å²) < 4.78 is 11.0. The molecule has 0 unspecified atom stereocenters. The first kappa shape index (κ1) is 18.7. The summed E-state index contributed by atoms with van der Waals surface area (Å²) in [5.74, 6) is 1.35. The lowest BCUT2D eigenvalue weighted by atomic mass is 10.1. The number of aromatic nitrogens is 1. The molecular formula is C22H24N2O3. The summed E-state index contributed by atoms with van der Waals surface area (Å²) in [6.45, 7) is 6.72. The van der Waals surface area contributed by atoms with Crippen molar-refractivity contribution in [3.05, 3.63) is 82.2 Å². The Kier molecular flexibility index (Phi) is 5.60. The first-order valence-corrected chi connectivity index (χ1v) is 8.90. The Morgan fingerprint density at radius 1 is 1.11 bits per heavy atom. The third-order valence-electron chi connectivity index (χ3n) is 4.66. The van der Waals surface area contributed by atoms with Crippen molar-refractivity contribution in [3.63, 3.8) is 0 Å². The summed E-state index contributed by atoms with van der Waals surface area (Å²) in [6, 6.07) is 15.3. The van der Waals surface area contributed by atoms with E-state index >= 15 is 0 Å². The van der Waals surface area contributed by atoms with E-state index in [-0.39, 0.29) is 5.91 Å². The van der Waals surface area contributed by atoms with Gasteiger partial charge in [0.25, 0.3) is 5.91 Å². The van der Waals surface area contributed by atoms with Crippen molar-refractivity contribution in [1.29, 1.82) is 0 Å². The van der Waals surface area contributed by atoms with Crippen LogP contribution in [-0.4, -0.2) is 23.0 Å². The number of carbonyl (C=O) groups excluding carboxylic acids is 1. The summed E-state index contributed by atoms with van der Waals surface area (Å²) in [4.78, 5) is 14.5. The van der Waals surface area contributed by atoms with Crippen LogP contribution in [0.4, 0.5) is 0 Å². The number of amides is 1.